The second kappa shape index (κ2) is 15.7. The van der Waals surface area contributed by atoms with E-state index in [1.165, 1.54) is 18.4 Å². The van der Waals surface area contributed by atoms with Gasteiger partial charge in [0.1, 0.15) is 0 Å². The molecule has 0 saturated heterocycles. The number of allylic oxidation sites excluding steroid dienone is 1. The van der Waals surface area contributed by atoms with E-state index in [0.717, 1.165) is 31.8 Å². The molecule has 0 spiro atoms. The fourth-order valence-electron chi connectivity index (χ4n) is 2.52. The average molecular weight is 472 g/mol. The maximum Gasteiger partial charge on any atom is 0.239 e. The summed E-state index contributed by atoms with van der Waals surface area (Å²) < 4.78 is 0. The van der Waals surface area contributed by atoms with Crippen molar-refractivity contribution in [3.63, 3.8) is 0 Å². The quantitative estimate of drug-likeness (QED) is 0.171. The Labute approximate surface area is 175 Å². The summed E-state index contributed by atoms with van der Waals surface area (Å²) in [6.45, 7) is 5.54. The van der Waals surface area contributed by atoms with Gasteiger partial charge in [-0.25, -0.2) is 0 Å². The molecule has 1 rings (SSSR count). The largest absolute Gasteiger partial charge is 0.354 e. The topological polar surface area (TPSA) is 56.7 Å². The Hall–Kier alpha value is -1.57. The molecule has 0 heterocycles. The number of carbonyl (C=O) groups is 1. The van der Waals surface area contributed by atoms with Gasteiger partial charge in [0.2, 0.25) is 5.91 Å². The molecule has 0 aliphatic carbocycles. The van der Waals surface area contributed by atoms with Gasteiger partial charge < -0.3 is 15.5 Å². The lowest BCUT2D eigenvalue weighted by atomic mass is 10.1. The molecule has 1 amide bonds. The Balaban J connectivity index is 0.00000625. The maximum atomic E-state index is 12.0. The summed E-state index contributed by atoms with van der Waals surface area (Å²) in [7, 11) is 3.74. The minimum Gasteiger partial charge on any atom is -0.354 e. The van der Waals surface area contributed by atoms with E-state index in [-0.39, 0.29) is 36.4 Å². The standard InChI is InChI=1S/C20H32N4O.HI/c1-4-5-6-7-11-16-24(3)20(21-2)23-17-19(25)22-15-14-18-12-9-8-10-13-18;/h4,8-10,12-13H,1,5-7,11,14-17H2,2-3H3,(H,21,23)(H,22,25);1H. The normalized spacial score (nSPS) is 10.6. The maximum absolute atomic E-state index is 12.0. The van der Waals surface area contributed by atoms with Crippen molar-refractivity contribution < 1.29 is 4.79 Å². The molecule has 5 nitrogen and oxygen atoms in total. The molecule has 0 fully saturated rings. The molecule has 146 valence electrons. The molecule has 1 aromatic rings. The lowest BCUT2D eigenvalue weighted by Gasteiger charge is -2.21. The van der Waals surface area contributed by atoms with Crippen LogP contribution in [0.25, 0.3) is 0 Å². The Bertz CT molecular complexity index is 534. The number of nitrogens with zero attached hydrogens (tertiary/aromatic N) is 2. The summed E-state index contributed by atoms with van der Waals surface area (Å²) in [4.78, 5) is 18.3. The van der Waals surface area contributed by atoms with Crippen LogP contribution in [0.5, 0.6) is 0 Å². The van der Waals surface area contributed by atoms with Crippen LogP contribution in [0.15, 0.2) is 48.0 Å². The zero-order valence-corrected chi connectivity index (χ0v) is 18.4. The van der Waals surface area contributed by atoms with Crippen molar-refractivity contribution in [3.8, 4) is 0 Å². The summed E-state index contributed by atoms with van der Waals surface area (Å²) in [5.41, 5.74) is 1.22. The Morgan fingerprint density at radius 2 is 1.92 bits per heavy atom. The summed E-state index contributed by atoms with van der Waals surface area (Å²) >= 11 is 0. The number of nitrogens with one attached hydrogen (secondary N) is 2. The molecule has 0 aromatic heterocycles. The molecule has 2 N–H and O–H groups in total. The zero-order chi connectivity index (χ0) is 18.3. The van der Waals surface area contributed by atoms with Crippen molar-refractivity contribution in [2.45, 2.75) is 32.1 Å². The number of hydrogen-bond acceptors (Lipinski definition) is 2. The van der Waals surface area contributed by atoms with Crippen LogP contribution in [-0.4, -0.2) is 50.5 Å². The summed E-state index contributed by atoms with van der Waals surface area (Å²) in [6.07, 6.45) is 7.32. The number of rotatable bonds is 11. The van der Waals surface area contributed by atoms with E-state index >= 15 is 0 Å². The van der Waals surface area contributed by atoms with Crippen LogP contribution in [0, 0.1) is 0 Å². The lowest BCUT2D eigenvalue weighted by Crippen LogP contribution is -2.44. The van der Waals surface area contributed by atoms with Gasteiger partial charge in [0.05, 0.1) is 6.54 Å². The number of hydrogen-bond donors (Lipinski definition) is 2. The highest BCUT2D eigenvalue weighted by Crippen LogP contribution is 2.01. The van der Waals surface area contributed by atoms with Crippen LogP contribution in [0.1, 0.15) is 31.2 Å². The SMILES string of the molecule is C=CCCCCCN(C)C(=NC)NCC(=O)NCCc1ccccc1.I. The monoisotopic (exact) mass is 472 g/mol. The molecular weight excluding hydrogens is 439 g/mol. The van der Waals surface area contributed by atoms with Crippen LogP contribution in [0.2, 0.25) is 0 Å². The molecule has 0 aliphatic heterocycles. The summed E-state index contributed by atoms with van der Waals surface area (Å²) in [6, 6.07) is 10.1. The third kappa shape index (κ3) is 11.1. The fourth-order valence-corrected chi connectivity index (χ4v) is 2.52. The van der Waals surface area contributed by atoms with Gasteiger partial charge in [0, 0.05) is 27.2 Å². The molecular formula is C20H33IN4O. The molecule has 0 atom stereocenters. The van der Waals surface area contributed by atoms with Gasteiger partial charge in [0.15, 0.2) is 5.96 Å². The van der Waals surface area contributed by atoms with Crippen molar-refractivity contribution in [3.05, 3.63) is 48.6 Å². The average Bonchev–Trinajstić information content (AvgIpc) is 2.63. The Morgan fingerprint density at radius 1 is 1.19 bits per heavy atom. The van der Waals surface area contributed by atoms with E-state index in [2.05, 4.69) is 39.2 Å². The Kier molecular flexibility index (Phi) is 14.7. The van der Waals surface area contributed by atoms with E-state index in [9.17, 15) is 4.79 Å². The van der Waals surface area contributed by atoms with Gasteiger partial charge in [-0.15, -0.1) is 30.6 Å². The molecule has 0 radical (unpaired) electrons. The van der Waals surface area contributed by atoms with E-state index in [1.807, 2.05) is 31.3 Å². The number of halogens is 1. The van der Waals surface area contributed by atoms with Gasteiger partial charge in [-0.2, -0.15) is 0 Å². The number of aliphatic imine (C=N–C) groups is 1. The van der Waals surface area contributed by atoms with Gasteiger partial charge in [-0.3, -0.25) is 9.79 Å². The third-order valence-electron chi connectivity index (χ3n) is 3.96. The van der Waals surface area contributed by atoms with Crippen molar-refractivity contribution in [2.24, 2.45) is 4.99 Å². The van der Waals surface area contributed by atoms with Crippen LogP contribution in [-0.2, 0) is 11.2 Å². The Morgan fingerprint density at radius 3 is 2.58 bits per heavy atom. The lowest BCUT2D eigenvalue weighted by molar-refractivity contribution is -0.120. The first-order valence-electron chi connectivity index (χ1n) is 9.00. The molecule has 6 heteroatoms. The van der Waals surface area contributed by atoms with Crippen LogP contribution >= 0.6 is 24.0 Å². The number of guanidine groups is 1. The van der Waals surface area contributed by atoms with Gasteiger partial charge >= 0.3 is 0 Å². The number of carbonyl (C=O) groups excluding carboxylic acids is 1. The third-order valence-corrected chi connectivity index (χ3v) is 3.96. The van der Waals surface area contributed by atoms with Gasteiger partial charge in [-0.05, 0) is 31.2 Å². The van der Waals surface area contributed by atoms with E-state index in [0.29, 0.717) is 6.54 Å². The number of benzene rings is 1. The molecule has 0 aliphatic rings. The van der Waals surface area contributed by atoms with Crippen LogP contribution in [0.3, 0.4) is 0 Å². The smallest absolute Gasteiger partial charge is 0.239 e. The van der Waals surface area contributed by atoms with Crippen molar-refractivity contribution in [1.82, 2.24) is 15.5 Å². The highest BCUT2D eigenvalue weighted by atomic mass is 127. The predicted molar refractivity (Wildman–Crippen MR) is 121 cm³/mol. The molecule has 1 aromatic carbocycles. The van der Waals surface area contributed by atoms with Crippen molar-refractivity contribution >= 4 is 35.8 Å². The van der Waals surface area contributed by atoms with Crippen LogP contribution < -0.4 is 10.6 Å². The van der Waals surface area contributed by atoms with Crippen LogP contribution in [0.4, 0.5) is 0 Å². The highest BCUT2D eigenvalue weighted by molar-refractivity contribution is 14.0. The van der Waals surface area contributed by atoms with Gasteiger partial charge in [0.25, 0.3) is 0 Å². The zero-order valence-electron chi connectivity index (χ0n) is 16.0. The highest BCUT2D eigenvalue weighted by Gasteiger charge is 2.07. The minimum atomic E-state index is -0.0172. The second-order valence-corrected chi connectivity index (χ2v) is 6.05. The minimum absolute atomic E-state index is 0. The van der Waals surface area contributed by atoms with E-state index < -0.39 is 0 Å². The molecule has 0 bridgehead atoms. The predicted octanol–water partition coefficient (Wildman–Crippen LogP) is 3.22. The van der Waals surface area contributed by atoms with Crippen molar-refractivity contribution in [1.29, 1.82) is 0 Å². The first kappa shape index (κ1) is 24.4. The number of unbranched alkanes of at least 4 members (excludes halogenated alkanes) is 3. The van der Waals surface area contributed by atoms with E-state index in [1.54, 1.807) is 7.05 Å². The second-order valence-electron chi connectivity index (χ2n) is 6.05. The molecule has 0 unspecified atom stereocenters. The number of amides is 1. The molecule has 0 saturated carbocycles. The summed E-state index contributed by atoms with van der Waals surface area (Å²) in [5, 5.41) is 6.05. The van der Waals surface area contributed by atoms with E-state index in [4.69, 9.17) is 0 Å². The first-order valence-corrected chi connectivity index (χ1v) is 9.00. The molecule has 26 heavy (non-hydrogen) atoms. The van der Waals surface area contributed by atoms with Gasteiger partial charge in [-0.1, -0.05) is 42.8 Å². The fraction of sp³-hybridized carbons (Fsp3) is 0.500. The first-order chi connectivity index (χ1) is 12.2. The van der Waals surface area contributed by atoms with Crippen molar-refractivity contribution in [2.75, 3.05) is 33.7 Å². The summed E-state index contributed by atoms with van der Waals surface area (Å²) in [5.74, 6) is 0.735.